The van der Waals surface area contributed by atoms with Crippen LogP contribution in [0.5, 0.6) is 0 Å². The third-order valence-electron chi connectivity index (χ3n) is 6.16. The minimum absolute atomic E-state index is 0.0336. The number of nitrogens with zero attached hydrogens (tertiary/aromatic N) is 4. The first kappa shape index (κ1) is 28.2. The summed E-state index contributed by atoms with van der Waals surface area (Å²) in [7, 11) is -3.87. The molecule has 12 nitrogen and oxygen atoms in total. The molecule has 2 aromatic carbocycles. The van der Waals surface area contributed by atoms with Crippen molar-refractivity contribution < 1.29 is 31.1 Å². The smallest absolute Gasteiger partial charge is 0.254 e. The lowest BCUT2D eigenvalue weighted by Gasteiger charge is -2.26. The summed E-state index contributed by atoms with van der Waals surface area (Å²) in [6.45, 7) is 5.53. The van der Waals surface area contributed by atoms with Gasteiger partial charge in [0.1, 0.15) is 5.01 Å². The van der Waals surface area contributed by atoms with E-state index < -0.39 is 26.4 Å². The van der Waals surface area contributed by atoms with E-state index in [0.29, 0.717) is 37.4 Å². The number of sulfone groups is 1. The summed E-state index contributed by atoms with van der Waals surface area (Å²) in [5, 5.41) is 6.59. The van der Waals surface area contributed by atoms with Crippen LogP contribution in [0.3, 0.4) is 0 Å². The molecule has 2 aromatic heterocycles. The maximum atomic E-state index is 13.2. The third kappa shape index (κ3) is 6.19. The van der Waals surface area contributed by atoms with Crippen molar-refractivity contribution in [3.63, 3.8) is 0 Å². The van der Waals surface area contributed by atoms with Crippen molar-refractivity contribution in [3.05, 3.63) is 77.5 Å². The number of carbonyl (C=O) groups is 1. The third-order valence-corrected chi connectivity index (χ3v) is 9.62. The second-order valence-corrected chi connectivity index (χ2v) is 12.8. The molecule has 1 fully saturated rings. The predicted octanol–water partition coefficient (Wildman–Crippen LogP) is 2.74. The number of hydrogen-bond acceptors (Lipinski definition) is 10. The number of amides is 1. The fourth-order valence-corrected chi connectivity index (χ4v) is 7.32. The number of morpholine rings is 1. The first-order valence-corrected chi connectivity index (χ1v) is 15.8. The van der Waals surface area contributed by atoms with Gasteiger partial charge in [-0.05, 0) is 35.4 Å². The van der Waals surface area contributed by atoms with Gasteiger partial charge in [-0.2, -0.15) is 0 Å². The van der Waals surface area contributed by atoms with E-state index in [-0.39, 0.29) is 35.0 Å². The zero-order valence-electron chi connectivity index (χ0n) is 21.1. The average Bonchev–Trinajstić information content (AvgIpc) is 3.58. The molecule has 2 N–H and O–H groups in total. The summed E-state index contributed by atoms with van der Waals surface area (Å²) in [5.41, 5.74) is 2.96. The minimum atomic E-state index is -3.87. The second kappa shape index (κ2) is 12.0. The van der Waals surface area contributed by atoms with Gasteiger partial charge < -0.3 is 14.1 Å². The van der Waals surface area contributed by atoms with Crippen LogP contribution in [0.15, 0.2) is 59.5 Å². The van der Waals surface area contributed by atoms with Crippen LogP contribution in [0.4, 0.5) is 0 Å². The monoisotopic (exact) mass is 603 g/mol. The van der Waals surface area contributed by atoms with Gasteiger partial charge in [0, 0.05) is 18.7 Å². The van der Waals surface area contributed by atoms with Crippen LogP contribution in [0.25, 0.3) is 21.3 Å². The molecule has 0 bridgehead atoms. The molecule has 40 heavy (non-hydrogen) atoms. The molecule has 3 heterocycles. The molecule has 1 saturated heterocycles. The van der Waals surface area contributed by atoms with Crippen molar-refractivity contribution >= 4 is 48.6 Å². The van der Waals surface area contributed by atoms with E-state index in [1.165, 1.54) is 17.4 Å². The Balaban J connectivity index is 1.43. The molecule has 0 radical (unpaired) electrons. The Morgan fingerprint density at radius 3 is 2.60 bits per heavy atom. The molecule has 1 aliphatic rings. The van der Waals surface area contributed by atoms with E-state index in [9.17, 15) is 17.4 Å². The zero-order chi connectivity index (χ0) is 28.3. The highest BCUT2D eigenvalue weighted by atomic mass is 32.2. The molecular weight excluding hydrogens is 579 g/mol. The predicted molar refractivity (Wildman–Crippen MR) is 150 cm³/mol. The lowest BCUT2D eigenvalue weighted by Crippen LogP contribution is -2.40. The summed E-state index contributed by atoms with van der Waals surface area (Å²) in [6, 6.07) is 12.9. The minimum Gasteiger partial charge on any atom is -0.422 e. The van der Waals surface area contributed by atoms with E-state index >= 15 is 0 Å². The Morgan fingerprint density at radius 1 is 1.18 bits per heavy atom. The van der Waals surface area contributed by atoms with Crippen LogP contribution in [0.2, 0.25) is 0 Å². The van der Waals surface area contributed by atoms with Crippen LogP contribution < -0.4 is 4.72 Å². The normalized spacial score (nSPS) is 15.7. The van der Waals surface area contributed by atoms with Crippen LogP contribution in [-0.2, 0) is 32.4 Å². The van der Waals surface area contributed by atoms with Crippen LogP contribution >= 0.6 is 11.3 Å². The maximum absolute atomic E-state index is 13.2. The van der Waals surface area contributed by atoms with Gasteiger partial charge in [-0.15, -0.1) is 28.1 Å². The van der Waals surface area contributed by atoms with Crippen molar-refractivity contribution in [2.45, 2.75) is 11.8 Å². The Kier molecular flexibility index (Phi) is 8.48. The topological polar surface area (TPSA) is 165 Å². The Labute approximate surface area is 236 Å². The molecule has 4 aromatic rings. The van der Waals surface area contributed by atoms with E-state index in [0.717, 1.165) is 15.8 Å². The van der Waals surface area contributed by atoms with Gasteiger partial charge in [-0.3, -0.25) is 9.35 Å². The van der Waals surface area contributed by atoms with Crippen LogP contribution in [0, 0.1) is 0 Å². The molecule has 210 valence electrons. The van der Waals surface area contributed by atoms with Crippen LogP contribution in [0.1, 0.15) is 32.4 Å². The molecule has 1 amide bonds. The van der Waals surface area contributed by atoms with Gasteiger partial charge in [0.05, 0.1) is 35.7 Å². The van der Waals surface area contributed by atoms with E-state index in [4.69, 9.17) is 13.7 Å². The summed E-state index contributed by atoms with van der Waals surface area (Å²) >= 11 is -1.11. The first-order chi connectivity index (χ1) is 19.2. The molecule has 2 unspecified atom stereocenters. The zero-order valence-corrected chi connectivity index (χ0v) is 23.5. The number of nitrogens with one attached hydrogen (secondary N) is 1. The van der Waals surface area contributed by atoms with E-state index in [1.54, 1.807) is 23.1 Å². The standard InChI is InChI=1S/C25H25N5O7S3/c1-2-13-40(34,35)22(23-29-28-21(37-23)15-26-39(32)33)24-27-19-8-7-18(14-20(19)38-24)16-3-5-17(6-4-16)25(31)30-9-11-36-12-10-30/h2-8,14,22,26H,1,9-13,15H2,(H,32,33). The average molecular weight is 604 g/mol. The largest absolute Gasteiger partial charge is 0.422 e. The van der Waals surface area contributed by atoms with Gasteiger partial charge in [0.25, 0.3) is 5.91 Å². The summed E-state index contributed by atoms with van der Waals surface area (Å²) < 4.78 is 60.0. The Hall–Kier alpha value is -3.34. The van der Waals surface area contributed by atoms with Gasteiger partial charge >= 0.3 is 0 Å². The van der Waals surface area contributed by atoms with Gasteiger partial charge in [0.2, 0.25) is 23.0 Å². The maximum Gasteiger partial charge on any atom is 0.254 e. The first-order valence-electron chi connectivity index (χ1n) is 12.1. The Morgan fingerprint density at radius 2 is 1.90 bits per heavy atom. The lowest BCUT2D eigenvalue weighted by molar-refractivity contribution is 0.0303. The highest BCUT2D eigenvalue weighted by molar-refractivity contribution is 7.92. The van der Waals surface area contributed by atoms with E-state index in [2.05, 4.69) is 26.5 Å². The fourth-order valence-electron chi connectivity index (χ4n) is 4.23. The number of rotatable bonds is 10. The summed E-state index contributed by atoms with van der Waals surface area (Å²) in [4.78, 5) is 19.1. The molecule has 2 atom stereocenters. The number of hydrogen-bond donors (Lipinski definition) is 2. The number of thiazole rings is 1. The SMILES string of the molecule is C=CCS(=O)(=O)C(c1nnc(CNS(=O)O)o1)c1nc2ccc(-c3ccc(C(=O)N4CCOCC4)cc3)cc2s1. The molecule has 5 rings (SSSR count). The van der Waals surface area contributed by atoms with Crippen molar-refractivity contribution in [3.8, 4) is 11.1 Å². The van der Waals surface area contributed by atoms with Crippen LogP contribution in [-0.4, -0.2) is 75.2 Å². The molecular formula is C25H25N5O7S3. The molecule has 0 aliphatic carbocycles. The van der Waals surface area contributed by atoms with Gasteiger partial charge in [0.15, 0.2) is 15.1 Å². The molecule has 1 aliphatic heterocycles. The van der Waals surface area contributed by atoms with Crippen molar-refractivity contribution in [2.75, 3.05) is 32.1 Å². The number of aromatic nitrogens is 3. The quantitative estimate of drug-likeness (QED) is 0.203. The molecule has 15 heteroatoms. The van der Waals surface area contributed by atoms with Crippen molar-refractivity contribution in [1.29, 1.82) is 0 Å². The molecule has 0 saturated carbocycles. The number of fused-ring (bicyclic) bond motifs is 1. The number of carbonyl (C=O) groups excluding carboxylic acids is 1. The Bertz CT molecular complexity index is 1660. The van der Waals surface area contributed by atoms with Gasteiger partial charge in [-0.1, -0.05) is 24.3 Å². The number of ether oxygens (including phenoxy) is 1. The van der Waals surface area contributed by atoms with E-state index in [1.807, 2.05) is 24.3 Å². The van der Waals surface area contributed by atoms with Crippen molar-refractivity contribution in [2.24, 2.45) is 0 Å². The highest BCUT2D eigenvalue weighted by Gasteiger charge is 2.36. The molecule has 0 spiro atoms. The summed E-state index contributed by atoms with van der Waals surface area (Å²) in [6.07, 6.45) is 1.27. The summed E-state index contributed by atoms with van der Waals surface area (Å²) in [5.74, 6) is -0.614. The van der Waals surface area contributed by atoms with Crippen molar-refractivity contribution in [1.82, 2.24) is 24.8 Å². The fraction of sp³-hybridized carbons (Fsp3) is 0.280. The second-order valence-electron chi connectivity index (χ2n) is 8.82. The van der Waals surface area contributed by atoms with Gasteiger partial charge in [-0.25, -0.2) is 22.3 Å². The number of benzene rings is 2. The highest BCUT2D eigenvalue weighted by Crippen LogP contribution is 2.37. The lowest BCUT2D eigenvalue weighted by atomic mass is 10.0.